The van der Waals surface area contributed by atoms with Gasteiger partial charge < -0.3 is 4.42 Å². The molecule has 0 saturated heterocycles. The Kier molecular flexibility index (Phi) is 3.83. The first kappa shape index (κ1) is 14.7. The zero-order chi connectivity index (χ0) is 15.8. The van der Waals surface area contributed by atoms with E-state index in [1.807, 2.05) is 42.5 Å². The van der Waals surface area contributed by atoms with Crippen LogP contribution in [-0.4, -0.2) is 0 Å². The highest BCUT2D eigenvalue weighted by atomic mass is 79.9. The van der Waals surface area contributed by atoms with Gasteiger partial charge >= 0.3 is 0 Å². The first-order valence-corrected chi connectivity index (χ1v) is 8.84. The van der Waals surface area contributed by atoms with Crippen molar-refractivity contribution in [3.63, 3.8) is 0 Å². The molecule has 3 heteroatoms. The third kappa shape index (κ3) is 2.75. The van der Waals surface area contributed by atoms with Crippen LogP contribution in [0.4, 0.5) is 0 Å². The molecule has 1 nitrogen and oxygen atoms in total. The van der Waals surface area contributed by atoms with E-state index in [-0.39, 0.29) is 0 Å². The van der Waals surface area contributed by atoms with Crippen molar-refractivity contribution in [1.29, 1.82) is 0 Å². The van der Waals surface area contributed by atoms with Crippen LogP contribution in [0, 0.1) is 0 Å². The number of benzene rings is 3. The van der Waals surface area contributed by atoms with Gasteiger partial charge in [-0.15, -0.1) is 0 Å². The van der Waals surface area contributed by atoms with E-state index in [1.54, 1.807) is 0 Å². The predicted molar refractivity (Wildman–Crippen MR) is 102 cm³/mol. The van der Waals surface area contributed by atoms with E-state index in [2.05, 4.69) is 62.2 Å². The van der Waals surface area contributed by atoms with Gasteiger partial charge in [0.2, 0.25) is 0 Å². The largest absolute Gasteiger partial charge is 0.456 e. The summed E-state index contributed by atoms with van der Waals surface area (Å²) in [5, 5.41) is 2.37. The highest BCUT2D eigenvalue weighted by Gasteiger charge is 2.11. The van der Waals surface area contributed by atoms with E-state index >= 15 is 0 Å². The van der Waals surface area contributed by atoms with Crippen LogP contribution in [0.2, 0.25) is 0 Å². The maximum atomic E-state index is 6.11. The molecule has 0 atom stereocenters. The van der Waals surface area contributed by atoms with E-state index in [0.717, 1.165) is 31.6 Å². The number of furan rings is 1. The van der Waals surface area contributed by atoms with Gasteiger partial charge in [-0.1, -0.05) is 68.3 Å². The zero-order valence-electron chi connectivity index (χ0n) is 12.1. The Bertz CT molecular complexity index is 984. The summed E-state index contributed by atoms with van der Waals surface area (Å²) in [6, 6.07) is 24.7. The predicted octanol–water partition coefficient (Wildman–Crippen LogP) is 7.29. The fourth-order valence-corrected chi connectivity index (χ4v) is 3.47. The van der Waals surface area contributed by atoms with Crippen molar-refractivity contribution in [2.24, 2.45) is 0 Å². The van der Waals surface area contributed by atoms with Crippen LogP contribution in [0.1, 0.15) is 0 Å². The highest BCUT2D eigenvalue weighted by molar-refractivity contribution is 9.11. The van der Waals surface area contributed by atoms with Gasteiger partial charge in [-0.05, 0) is 47.2 Å². The monoisotopic (exact) mass is 426 g/mol. The Balaban J connectivity index is 1.84. The lowest BCUT2D eigenvalue weighted by atomic mass is 10.0. The van der Waals surface area contributed by atoms with Gasteiger partial charge in [-0.2, -0.15) is 0 Å². The number of fused-ring (bicyclic) bond motifs is 1. The molecule has 4 rings (SSSR count). The molecule has 0 aliphatic heterocycles. The summed E-state index contributed by atoms with van der Waals surface area (Å²) in [6.45, 7) is 0. The molecule has 0 aliphatic carbocycles. The number of hydrogen-bond donors (Lipinski definition) is 0. The zero-order valence-corrected chi connectivity index (χ0v) is 15.3. The van der Waals surface area contributed by atoms with Crippen LogP contribution in [0.15, 0.2) is 86.2 Å². The first-order chi connectivity index (χ1) is 11.2. The fourth-order valence-electron chi connectivity index (χ4n) is 2.73. The van der Waals surface area contributed by atoms with E-state index in [0.29, 0.717) is 0 Å². The summed E-state index contributed by atoms with van der Waals surface area (Å²) in [4.78, 5) is 0. The summed E-state index contributed by atoms with van der Waals surface area (Å²) >= 11 is 7.08. The summed E-state index contributed by atoms with van der Waals surface area (Å²) < 4.78 is 8.27. The van der Waals surface area contributed by atoms with Gasteiger partial charge in [-0.25, -0.2) is 0 Å². The minimum absolute atomic E-state index is 0.875. The fraction of sp³-hybridized carbons (Fsp3) is 0. The molecule has 0 unspecified atom stereocenters. The lowest BCUT2D eigenvalue weighted by molar-refractivity contribution is 0.598. The van der Waals surface area contributed by atoms with Gasteiger partial charge in [0.15, 0.2) is 0 Å². The van der Waals surface area contributed by atoms with Crippen LogP contribution in [-0.2, 0) is 0 Å². The van der Waals surface area contributed by atoms with Crippen molar-refractivity contribution in [3.8, 4) is 22.6 Å². The third-order valence-electron chi connectivity index (χ3n) is 3.87. The number of hydrogen-bond acceptors (Lipinski definition) is 1. The quantitative estimate of drug-likeness (QED) is 0.327. The molecule has 0 N–H and O–H groups in total. The maximum absolute atomic E-state index is 6.11. The van der Waals surface area contributed by atoms with Crippen molar-refractivity contribution in [1.82, 2.24) is 0 Å². The van der Waals surface area contributed by atoms with E-state index in [4.69, 9.17) is 4.42 Å². The van der Waals surface area contributed by atoms with Crippen LogP contribution in [0.25, 0.3) is 33.4 Å². The highest BCUT2D eigenvalue weighted by Crippen LogP contribution is 2.36. The minimum atomic E-state index is 0.875. The second kappa shape index (κ2) is 5.99. The van der Waals surface area contributed by atoms with Gasteiger partial charge in [0.25, 0.3) is 0 Å². The molecule has 1 aromatic heterocycles. The summed E-state index contributed by atoms with van der Waals surface area (Å²) in [5.74, 6) is 1.76. The first-order valence-electron chi connectivity index (χ1n) is 7.26. The van der Waals surface area contributed by atoms with Gasteiger partial charge in [-0.3, -0.25) is 0 Å². The van der Waals surface area contributed by atoms with Gasteiger partial charge in [0, 0.05) is 20.1 Å². The van der Waals surface area contributed by atoms with Crippen LogP contribution >= 0.6 is 31.9 Å². The van der Waals surface area contributed by atoms with E-state index in [9.17, 15) is 0 Å². The smallest absolute Gasteiger partial charge is 0.135 e. The Morgan fingerprint density at radius 1 is 0.609 bits per heavy atom. The van der Waals surface area contributed by atoms with Crippen molar-refractivity contribution in [2.75, 3.05) is 0 Å². The van der Waals surface area contributed by atoms with Gasteiger partial charge in [0.1, 0.15) is 11.5 Å². The van der Waals surface area contributed by atoms with Crippen LogP contribution < -0.4 is 0 Å². The Hall–Kier alpha value is -1.84. The van der Waals surface area contributed by atoms with Crippen LogP contribution in [0.5, 0.6) is 0 Å². The molecule has 3 aromatic carbocycles. The van der Waals surface area contributed by atoms with Crippen molar-refractivity contribution in [2.45, 2.75) is 0 Å². The second-order valence-corrected chi connectivity index (χ2v) is 7.08. The topological polar surface area (TPSA) is 13.1 Å². The molecule has 0 radical (unpaired) electrons. The number of halogens is 2. The molecule has 1 heterocycles. The molecule has 0 bridgehead atoms. The Morgan fingerprint density at radius 3 is 2.09 bits per heavy atom. The average molecular weight is 428 g/mol. The molecular weight excluding hydrogens is 416 g/mol. The molecule has 4 aromatic rings. The Morgan fingerprint density at radius 2 is 1.30 bits per heavy atom. The average Bonchev–Trinajstić information content (AvgIpc) is 3.06. The third-order valence-corrected chi connectivity index (χ3v) is 5.09. The van der Waals surface area contributed by atoms with Crippen LogP contribution in [0.3, 0.4) is 0 Å². The summed E-state index contributed by atoms with van der Waals surface area (Å²) in [6.07, 6.45) is 0. The van der Waals surface area contributed by atoms with Crippen molar-refractivity contribution >= 4 is 42.6 Å². The minimum Gasteiger partial charge on any atom is -0.456 e. The lowest BCUT2D eigenvalue weighted by Crippen LogP contribution is -1.80. The van der Waals surface area contributed by atoms with E-state index in [1.165, 1.54) is 10.8 Å². The summed E-state index contributed by atoms with van der Waals surface area (Å²) in [5.41, 5.74) is 2.17. The molecule has 23 heavy (non-hydrogen) atoms. The molecule has 0 saturated carbocycles. The maximum Gasteiger partial charge on any atom is 0.135 e. The molecule has 0 spiro atoms. The standard InChI is InChI=1S/C20H12Br2O/c21-14-7-5-13(6-8-14)19-11-12-20(23-19)17-9-10-18(22)16-4-2-1-3-15(16)17/h1-12H. The lowest BCUT2D eigenvalue weighted by Gasteiger charge is -2.06. The Labute approximate surface area is 151 Å². The SMILES string of the molecule is Brc1ccc(-c2ccc(-c3ccc(Br)c4ccccc34)o2)cc1. The second-order valence-electron chi connectivity index (χ2n) is 5.31. The van der Waals surface area contributed by atoms with Crippen molar-refractivity contribution in [3.05, 3.63) is 81.7 Å². The molecular formula is C20H12Br2O. The molecule has 0 amide bonds. The molecule has 112 valence electrons. The molecule has 0 fully saturated rings. The number of rotatable bonds is 2. The van der Waals surface area contributed by atoms with Crippen molar-refractivity contribution < 1.29 is 4.42 Å². The normalized spacial score (nSPS) is 11.0. The molecule has 0 aliphatic rings. The summed E-state index contributed by atoms with van der Waals surface area (Å²) in [7, 11) is 0. The van der Waals surface area contributed by atoms with Gasteiger partial charge in [0.05, 0.1) is 0 Å². The van der Waals surface area contributed by atoms with E-state index < -0.39 is 0 Å².